The van der Waals surface area contributed by atoms with Crippen molar-refractivity contribution in [3.63, 3.8) is 0 Å². The summed E-state index contributed by atoms with van der Waals surface area (Å²) in [5, 5.41) is 5.30. The molecule has 1 aromatic carbocycles. The van der Waals surface area contributed by atoms with Crippen molar-refractivity contribution in [3.05, 3.63) is 34.9 Å². The third kappa shape index (κ3) is 8.04. The van der Waals surface area contributed by atoms with E-state index in [2.05, 4.69) is 10.6 Å². The summed E-state index contributed by atoms with van der Waals surface area (Å²) in [5.74, 6) is -1.15. The molecule has 1 aliphatic rings. The molecule has 2 N–H and O–H groups in total. The summed E-state index contributed by atoms with van der Waals surface area (Å²) < 4.78 is 10.1. The molecule has 9 heteroatoms. The van der Waals surface area contributed by atoms with E-state index in [1.54, 1.807) is 32.6 Å². The van der Waals surface area contributed by atoms with Gasteiger partial charge >= 0.3 is 12.1 Å². The monoisotopic (exact) mass is 475 g/mol. The molecule has 0 saturated heterocycles. The molecule has 2 rings (SSSR count). The summed E-state index contributed by atoms with van der Waals surface area (Å²) in [7, 11) is 0. The minimum atomic E-state index is -0.885. The van der Waals surface area contributed by atoms with Gasteiger partial charge in [-0.15, -0.1) is 0 Å². The molecule has 1 unspecified atom stereocenters. The maximum atomic E-state index is 13.4. The molecule has 1 saturated carbocycles. The number of alkyl carbamates (subject to hydrolysis) is 1. The molecule has 1 fully saturated rings. The second kappa shape index (κ2) is 11.9. The van der Waals surface area contributed by atoms with Gasteiger partial charge in [-0.1, -0.05) is 18.2 Å². The predicted octanol–water partition coefficient (Wildman–Crippen LogP) is 2.93. The van der Waals surface area contributed by atoms with Crippen LogP contribution in [0.3, 0.4) is 0 Å². The molecule has 0 bridgehead atoms. The summed E-state index contributed by atoms with van der Waals surface area (Å²) in [6.45, 7) is 10.8. The van der Waals surface area contributed by atoms with Crippen LogP contribution in [0.4, 0.5) is 4.79 Å². The molecule has 1 aliphatic carbocycles. The van der Waals surface area contributed by atoms with Crippen LogP contribution in [0.25, 0.3) is 0 Å². The van der Waals surface area contributed by atoms with Gasteiger partial charge in [0, 0.05) is 12.6 Å². The minimum absolute atomic E-state index is 0.0383. The average Bonchev–Trinajstić information content (AvgIpc) is 3.55. The van der Waals surface area contributed by atoms with Crippen molar-refractivity contribution in [3.8, 4) is 0 Å². The Morgan fingerprint density at radius 3 is 2.24 bits per heavy atom. The Kier molecular flexibility index (Phi) is 9.46. The first-order valence-corrected chi connectivity index (χ1v) is 11.7. The van der Waals surface area contributed by atoms with Crippen LogP contribution in [0.15, 0.2) is 18.2 Å². The SMILES string of the molecule is CCOC(=O)CCNC(=O)C(c1c(C)cccc1C)N(C(=O)CNC(=O)OC(C)(C)C)C1CC1. The molecular weight excluding hydrogens is 438 g/mol. The maximum Gasteiger partial charge on any atom is 0.408 e. The van der Waals surface area contributed by atoms with Gasteiger partial charge in [-0.05, 0) is 71.1 Å². The number of nitrogens with one attached hydrogen (secondary N) is 2. The average molecular weight is 476 g/mol. The fourth-order valence-corrected chi connectivity index (χ4v) is 3.74. The van der Waals surface area contributed by atoms with E-state index >= 15 is 0 Å². The first-order valence-electron chi connectivity index (χ1n) is 11.7. The predicted molar refractivity (Wildman–Crippen MR) is 127 cm³/mol. The number of carbonyl (C=O) groups is 4. The van der Waals surface area contributed by atoms with Crippen molar-refractivity contribution >= 4 is 23.9 Å². The first kappa shape index (κ1) is 27.1. The highest BCUT2D eigenvalue weighted by molar-refractivity contribution is 5.91. The van der Waals surface area contributed by atoms with E-state index in [1.165, 1.54) is 0 Å². The largest absolute Gasteiger partial charge is 0.466 e. The summed E-state index contributed by atoms with van der Waals surface area (Å²) >= 11 is 0. The van der Waals surface area contributed by atoms with Crippen LogP contribution in [0.1, 0.15) is 69.7 Å². The van der Waals surface area contributed by atoms with Crippen molar-refractivity contribution in [2.24, 2.45) is 0 Å². The number of rotatable bonds is 10. The lowest BCUT2D eigenvalue weighted by Gasteiger charge is -2.33. The van der Waals surface area contributed by atoms with Gasteiger partial charge in [0.25, 0.3) is 0 Å². The fourth-order valence-electron chi connectivity index (χ4n) is 3.74. The highest BCUT2D eigenvalue weighted by Crippen LogP contribution is 2.37. The van der Waals surface area contributed by atoms with Gasteiger partial charge < -0.3 is 25.0 Å². The zero-order valence-electron chi connectivity index (χ0n) is 21.0. The van der Waals surface area contributed by atoms with Gasteiger partial charge in [0.05, 0.1) is 13.0 Å². The number of aryl methyl sites for hydroxylation is 2. The van der Waals surface area contributed by atoms with E-state index in [-0.39, 0.29) is 44.0 Å². The summed E-state index contributed by atoms with van der Waals surface area (Å²) in [6, 6.07) is 4.71. The quantitative estimate of drug-likeness (QED) is 0.503. The third-order valence-corrected chi connectivity index (χ3v) is 5.29. The van der Waals surface area contributed by atoms with Gasteiger partial charge in [-0.3, -0.25) is 14.4 Å². The van der Waals surface area contributed by atoms with Crippen molar-refractivity contribution in [2.75, 3.05) is 19.7 Å². The lowest BCUT2D eigenvalue weighted by atomic mass is 9.94. The molecule has 34 heavy (non-hydrogen) atoms. The van der Waals surface area contributed by atoms with E-state index in [4.69, 9.17) is 9.47 Å². The number of esters is 1. The van der Waals surface area contributed by atoms with Crippen molar-refractivity contribution in [2.45, 2.75) is 78.5 Å². The molecule has 0 radical (unpaired) electrons. The number of hydrogen-bond donors (Lipinski definition) is 2. The molecule has 3 amide bonds. The highest BCUT2D eigenvalue weighted by Gasteiger charge is 2.42. The van der Waals surface area contributed by atoms with E-state index in [9.17, 15) is 19.2 Å². The van der Waals surface area contributed by atoms with Crippen molar-refractivity contribution in [1.29, 1.82) is 0 Å². The molecule has 1 aromatic rings. The van der Waals surface area contributed by atoms with Gasteiger partial charge in [0.15, 0.2) is 0 Å². The van der Waals surface area contributed by atoms with Crippen LogP contribution in [0.5, 0.6) is 0 Å². The maximum absolute atomic E-state index is 13.4. The van der Waals surface area contributed by atoms with E-state index in [1.807, 2.05) is 32.0 Å². The number of ether oxygens (including phenoxy) is 2. The van der Waals surface area contributed by atoms with Gasteiger partial charge in [0.1, 0.15) is 18.2 Å². The molecule has 1 atom stereocenters. The lowest BCUT2D eigenvalue weighted by Crippen LogP contribution is -2.49. The molecule has 188 valence electrons. The minimum Gasteiger partial charge on any atom is -0.466 e. The van der Waals surface area contributed by atoms with Crippen LogP contribution in [-0.2, 0) is 23.9 Å². The Bertz CT molecular complexity index is 884. The lowest BCUT2D eigenvalue weighted by molar-refractivity contribution is -0.144. The Morgan fingerprint density at radius 2 is 1.71 bits per heavy atom. The zero-order chi connectivity index (χ0) is 25.5. The third-order valence-electron chi connectivity index (χ3n) is 5.29. The van der Waals surface area contributed by atoms with Crippen molar-refractivity contribution in [1.82, 2.24) is 15.5 Å². The number of carbonyl (C=O) groups excluding carboxylic acids is 4. The molecule has 0 heterocycles. The van der Waals surface area contributed by atoms with Crippen LogP contribution in [-0.4, -0.2) is 60.1 Å². The first-order chi connectivity index (χ1) is 15.9. The second-order valence-corrected chi connectivity index (χ2v) is 9.44. The van der Waals surface area contributed by atoms with Crippen LogP contribution >= 0.6 is 0 Å². The number of hydrogen-bond acceptors (Lipinski definition) is 6. The molecule has 9 nitrogen and oxygen atoms in total. The molecular formula is C25H37N3O6. The standard InChI is InChI=1S/C25H37N3O6/c1-7-33-20(30)13-14-26-23(31)22(21-16(2)9-8-10-17(21)3)28(18-11-12-18)19(29)15-27-24(32)34-25(4,5)6/h8-10,18,22H,7,11-15H2,1-6H3,(H,26,31)(H,27,32). The smallest absolute Gasteiger partial charge is 0.408 e. The molecule has 0 spiro atoms. The second-order valence-electron chi connectivity index (χ2n) is 9.44. The van der Waals surface area contributed by atoms with Gasteiger partial charge in [0.2, 0.25) is 11.8 Å². The van der Waals surface area contributed by atoms with E-state index in [0.29, 0.717) is 0 Å². The van der Waals surface area contributed by atoms with Crippen LogP contribution < -0.4 is 10.6 Å². The number of benzene rings is 1. The Balaban J connectivity index is 2.26. The fraction of sp³-hybridized carbons (Fsp3) is 0.600. The van der Waals surface area contributed by atoms with Crippen molar-refractivity contribution < 1.29 is 28.7 Å². The molecule has 0 aliphatic heterocycles. The van der Waals surface area contributed by atoms with E-state index in [0.717, 1.165) is 29.5 Å². The summed E-state index contributed by atoms with van der Waals surface area (Å²) in [4.78, 5) is 52.1. The van der Waals surface area contributed by atoms with Crippen LogP contribution in [0, 0.1) is 13.8 Å². The van der Waals surface area contributed by atoms with Gasteiger partial charge in [-0.2, -0.15) is 0 Å². The number of nitrogens with zero attached hydrogens (tertiary/aromatic N) is 1. The molecule has 0 aromatic heterocycles. The normalized spacial score (nSPS) is 14.1. The van der Waals surface area contributed by atoms with Gasteiger partial charge in [-0.25, -0.2) is 4.79 Å². The van der Waals surface area contributed by atoms with E-state index < -0.39 is 23.7 Å². The Labute approximate surface area is 201 Å². The van der Waals surface area contributed by atoms with Crippen LogP contribution in [0.2, 0.25) is 0 Å². The number of amides is 3. The summed E-state index contributed by atoms with van der Waals surface area (Å²) in [5.41, 5.74) is 1.81. The Morgan fingerprint density at radius 1 is 1.09 bits per heavy atom. The topological polar surface area (TPSA) is 114 Å². The summed E-state index contributed by atoms with van der Waals surface area (Å²) in [6.07, 6.45) is 0.890. The Hall–Kier alpha value is -3.10. The zero-order valence-corrected chi connectivity index (χ0v) is 21.0. The highest BCUT2D eigenvalue weighted by atomic mass is 16.6.